The van der Waals surface area contributed by atoms with Crippen LogP contribution in [0.5, 0.6) is 5.75 Å². The summed E-state index contributed by atoms with van der Waals surface area (Å²) < 4.78 is 5.29. The van der Waals surface area contributed by atoms with Crippen LogP contribution in [0, 0.1) is 0 Å². The van der Waals surface area contributed by atoms with Crippen LogP contribution >= 0.6 is 0 Å². The van der Waals surface area contributed by atoms with E-state index in [1.165, 1.54) is 6.08 Å². The summed E-state index contributed by atoms with van der Waals surface area (Å²) in [5.74, 6) is 0.846. The molecule has 0 N–H and O–H groups in total. The molecule has 0 radical (unpaired) electrons. The summed E-state index contributed by atoms with van der Waals surface area (Å²) in [5, 5.41) is 2.14. The Kier molecular flexibility index (Phi) is 3.01. The van der Waals surface area contributed by atoms with Crippen LogP contribution in [0.3, 0.4) is 0 Å². The molecule has 0 fully saturated rings. The fourth-order valence-corrected chi connectivity index (χ4v) is 1.76. The number of fused-ring (bicyclic) bond motifs is 1. The van der Waals surface area contributed by atoms with Crippen molar-refractivity contribution in [1.29, 1.82) is 0 Å². The van der Waals surface area contributed by atoms with Gasteiger partial charge < -0.3 is 4.74 Å². The molecule has 16 heavy (non-hydrogen) atoms. The molecule has 2 heteroatoms. The van der Waals surface area contributed by atoms with E-state index in [9.17, 15) is 4.79 Å². The van der Waals surface area contributed by atoms with E-state index in [1.54, 1.807) is 13.2 Å². The van der Waals surface area contributed by atoms with Gasteiger partial charge in [0.2, 0.25) is 0 Å². The molecule has 0 aliphatic carbocycles. The van der Waals surface area contributed by atoms with Crippen molar-refractivity contribution in [3.8, 4) is 5.75 Å². The zero-order valence-electron chi connectivity index (χ0n) is 9.01. The quantitative estimate of drug-likeness (QED) is 0.577. The average molecular weight is 212 g/mol. The number of methoxy groups -OCH3 is 1. The third kappa shape index (κ3) is 1.82. The molecule has 0 aliphatic rings. The number of allylic oxidation sites excluding steroid dienone is 1. The lowest BCUT2D eigenvalue weighted by atomic mass is 10.0. The molecule has 2 rings (SSSR count). The second kappa shape index (κ2) is 4.62. The van der Waals surface area contributed by atoms with Gasteiger partial charge in [-0.05, 0) is 23.1 Å². The first-order chi connectivity index (χ1) is 7.86. The normalized spacial score (nSPS) is 10.8. The van der Waals surface area contributed by atoms with Crippen molar-refractivity contribution in [2.24, 2.45) is 0 Å². The number of rotatable bonds is 3. The summed E-state index contributed by atoms with van der Waals surface area (Å²) in [6, 6.07) is 11.8. The third-order valence-electron chi connectivity index (χ3n) is 2.49. The Hall–Kier alpha value is -2.09. The van der Waals surface area contributed by atoms with Gasteiger partial charge in [-0.2, -0.15) is 0 Å². The summed E-state index contributed by atoms with van der Waals surface area (Å²) in [5.41, 5.74) is 1.02. The van der Waals surface area contributed by atoms with E-state index in [0.717, 1.165) is 28.4 Å². The number of aldehydes is 1. The van der Waals surface area contributed by atoms with Crippen molar-refractivity contribution >= 4 is 23.1 Å². The molecule has 0 spiro atoms. The molecule has 0 heterocycles. The summed E-state index contributed by atoms with van der Waals surface area (Å²) in [6.07, 6.45) is 4.07. The molecule has 0 saturated heterocycles. The number of carbonyl (C=O) groups is 1. The Bertz CT molecular complexity index is 541. The van der Waals surface area contributed by atoms with Gasteiger partial charge in [0, 0.05) is 5.39 Å². The molecule has 2 nitrogen and oxygen atoms in total. The molecular formula is C14H12O2. The number of ether oxygens (including phenoxy) is 1. The van der Waals surface area contributed by atoms with Crippen LogP contribution in [0.15, 0.2) is 42.5 Å². The molecule has 0 atom stereocenters. The monoisotopic (exact) mass is 212 g/mol. The zero-order valence-corrected chi connectivity index (χ0v) is 9.01. The fraction of sp³-hybridized carbons (Fsp3) is 0.0714. The summed E-state index contributed by atoms with van der Waals surface area (Å²) in [6.45, 7) is 0. The first kappa shape index (κ1) is 10.4. The zero-order chi connectivity index (χ0) is 11.4. The smallest absolute Gasteiger partial charge is 0.142 e. The number of hydrogen-bond donors (Lipinski definition) is 0. The lowest BCUT2D eigenvalue weighted by Gasteiger charge is -2.07. The molecule has 80 valence electrons. The van der Waals surface area contributed by atoms with Crippen LogP contribution in [0.4, 0.5) is 0 Å². The lowest BCUT2D eigenvalue weighted by molar-refractivity contribution is -0.104. The average Bonchev–Trinajstić information content (AvgIpc) is 2.36. The van der Waals surface area contributed by atoms with Crippen LogP contribution < -0.4 is 4.74 Å². The van der Waals surface area contributed by atoms with Crippen molar-refractivity contribution in [2.75, 3.05) is 7.11 Å². The van der Waals surface area contributed by atoms with E-state index in [2.05, 4.69) is 0 Å². The Balaban J connectivity index is 2.69. The van der Waals surface area contributed by atoms with Crippen LogP contribution in [0.1, 0.15) is 5.56 Å². The SMILES string of the molecule is COc1ccc(/C=C/C=O)c2ccccc12. The van der Waals surface area contributed by atoms with Crippen molar-refractivity contribution in [2.45, 2.75) is 0 Å². The Morgan fingerprint density at radius 3 is 2.50 bits per heavy atom. The largest absolute Gasteiger partial charge is 0.496 e. The minimum absolute atomic E-state index is 0.777. The molecule has 2 aromatic carbocycles. The first-order valence-corrected chi connectivity index (χ1v) is 5.04. The molecule has 0 aliphatic heterocycles. The predicted molar refractivity (Wildman–Crippen MR) is 65.6 cm³/mol. The summed E-state index contributed by atoms with van der Waals surface area (Å²) >= 11 is 0. The molecule has 0 saturated carbocycles. The second-order valence-electron chi connectivity index (χ2n) is 3.40. The number of carbonyl (C=O) groups excluding carboxylic acids is 1. The maximum absolute atomic E-state index is 10.3. The van der Waals surface area contributed by atoms with Gasteiger partial charge in [-0.15, -0.1) is 0 Å². The highest BCUT2D eigenvalue weighted by Crippen LogP contribution is 2.28. The van der Waals surface area contributed by atoms with Gasteiger partial charge in [0.25, 0.3) is 0 Å². The van der Waals surface area contributed by atoms with Crippen LogP contribution in [-0.2, 0) is 4.79 Å². The highest BCUT2D eigenvalue weighted by molar-refractivity contribution is 5.96. The number of benzene rings is 2. The van der Waals surface area contributed by atoms with E-state index in [0.29, 0.717) is 0 Å². The molecule has 2 aromatic rings. The molecule has 0 amide bonds. The molecule has 0 unspecified atom stereocenters. The Morgan fingerprint density at radius 2 is 1.81 bits per heavy atom. The van der Waals surface area contributed by atoms with E-state index >= 15 is 0 Å². The molecule has 0 bridgehead atoms. The van der Waals surface area contributed by atoms with Crippen molar-refractivity contribution in [3.63, 3.8) is 0 Å². The third-order valence-corrected chi connectivity index (χ3v) is 2.49. The van der Waals surface area contributed by atoms with Gasteiger partial charge >= 0.3 is 0 Å². The predicted octanol–water partition coefficient (Wildman–Crippen LogP) is 3.06. The topological polar surface area (TPSA) is 26.3 Å². The van der Waals surface area contributed by atoms with Gasteiger partial charge in [-0.1, -0.05) is 36.4 Å². The van der Waals surface area contributed by atoms with Gasteiger partial charge in [-0.25, -0.2) is 0 Å². The van der Waals surface area contributed by atoms with Crippen LogP contribution in [0.25, 0.3) is 16.8 Å². The second-order valence-corrected chi connectivity index (χ2v) is 3.40. The van der Waals surface area contributed by atoms with Crippen molar-refractivity contribution < 1.29 is 9.53 Å². The van der Waals surface area contributed by atoms with E-state index in [-0.39, 0.29) is 0 Å². The maximum atomic E-state index is 10.3. The van der Waals surface area contributed by atoms with Gasteiger partial charge in [0.1, 0.15) is 12.0 Å². The highest BCUT2D eigenvalue weighted by atomic mass is 16.5. The van der Waals surface area contributed by atoms with Crippen molar-refractivity contribution in [3.05, 3.63) is 48.0 Å². The first-order valence-electron chi connectivity index (χ1n) is 5.04. The highest BCUT2D eigenvalue weighted by Gasteiger charge is 2.03. The fourth-order valence-electron chi connectivity index (χ4n) is 1.76. The van der Waals surface area contributed by atoms with E-state index < -0.39 is 0 Å². The lowest BCUT2D eigenvalue weighted by Crippen LogP contribution is -1.86. The summed E-state index contributed by atoms with van der Waals surface area (Å²) in [4.78, 5) is 10.3. The number of hydrogen-bond acceptors (Lipinski definition) is 2. The standard InChI is InChI=1S/C14H12O2/c1-16-14-9-8-11(5-4-10-15)12-6-2-3-7-13(12)14/h2-10H,1H3/b5-4+. The van der Waals surface area contributed by atoms with Crippen LogP contribution in [0.2, 0.25) is 0 Å². The van der Waals surface area contributed by atoms with Gasteiger partial charge in [0.15, 0.2) is 0 Å². The Labute approximate surface area is 94.2 Å². The van der Waals surface area contributed by atoms with Crippen molar-refractivity contribution in [1.82, 2.24) is 0 Å². The Morgan fingerprint density at radius 1 is 1.06 bits per heavy atom. The van der Waals surface area contributed by atoms with E-state index in [4.69, 9.17) is 4.74 Å². The van der Waals surface area contributed by atoms with Gasteiger partial charge in [0.05, 0.1) is 7.11 Å². The van der Waals surface area contributed by atoms with E-state index in [1.807, 2.05) is 36.4 Å². The minimum Gasteiger partial charge on any atom is -0.496 e. The maximum Gasteiger partial charge on any atom is 0.142 e. The van der Waals surface area contributed by atoms with Gasteiger partial charge in [-0.3, -0.25) is 4.79 Å². The summed E-state index contributed by atoms with van der Waals surface area (Å²) in [7, 11) is 1.66. The minimum atomic E-state index is 0.777. The molecular weight excluding hydrogens is 200 g/mol. The van der Waals surface area contributed by atoms with Crippen LogP contribution in [-0.4, -0.2) is 13.4 Å². The molecule has 0 aromatic heterocycles.